The Hall–Kier alpha value is 0.560. The van der Waals surface area contributed by atoms with Crippen LogP contribution in [0.2, 0.25) is 40.2 Å². The van der Waals surface area contributed by atoms with E-state index in [0.717, 1.165) is 0 Å². The largest absolute Gasteiger partial charge is 0.451 e. The summed E-state index contributed by atoms with van der Waals surface area (Å²) >= 11 is 47.8. The van der Waals surface area contributed by atoms with Crippen LogP contribution in [0.25, 0.3) is 0 Å². The summed E-state index contributed by atoms with van der Waals surface area (Å²) < 4.78 is 5.56. The summed E-state index contributed by atoms with van der Waals surface area (Å²) in [5.74, 6) is 0.102. The van der Waals surface area contributed by atoms with Crippen molar-refractivity contribution < 1.29 is 4.74 Å². The Morgan fingerprint density at radius 3 is 1.14 bits per heavy atom. The van der Waals surface area contributed by atoms with Gasteiger partial charge >= 0.3 is 0 Å². The maximum absolute atomic E-state index is 6.06. The third kappa shape index (κ3) is 3.57. The topological polar surface area (TPSA) is 9.23 Å². The van der Waals surface area contributed by atoms with E-state index in [1.165, 1.54) is 12.1 Å². The fourth-order valence-corrected chi connectivity index (χ4v) is 3.35. The van der Waals surface area contributed by atoms with Crippen LogP contribution in [0, 0.1) is 0 Å². The van der Waals surface area contributed by atoms with Crippen molar-refractivity contribution in [3.63, 3.8) is 0 Å². The molecule has 0 aliphatic carbocycles. The van der Waals surface area contributed by atoms with Crippen LogP contribution in [0.1, 0.15) is 0 Å². The summed E-state index contributed by atoms with van der Waals surface area (Å²) in [6.07, 6.45) is 0. The maximum Gasteiger partial charge on any atom is 0.166 e. The van der Waals surface area contributed by atoms with Crippen LogP contribution in [0.4, 0.5) is 0 Å². The summed E-state index contributed by atoms with van der Waals surface area (Å²) in [6.45, 7) is 0. The van der Waals surface area contributed by atoms with Crippen LogP contribution >= 0.6 is 92.8 Å². The smallest absolute Gasteiger partial charge is 0.166 e. The Balaban J connectivity index is 2.59. The fourth-order valence-electron chi connectivity index (χ4n) is 1.39. The minimum absolute atomic E-state index is 0.0207. The lowest BCUT2D eigenvalue weighted by molar-refractivity contribution is 0.484. The molecule has 0 aromatic heterocycles. The monoisotopic (exact) mass is 442 g/mol. The summed E-state index contributed by atoms with van der Waals surface area (Å²) in [5.41, 5.74) is 0. The maximum atomic E-state index is 6.06. The predicted molar refractivity (Wildman–Crippen MR) is 93.0 cm³/mol. The van der Waals surface area contributed by atoms with Crippen LogP contribution in [0.3, 0.4) is 0 Å². The number of halogens is 8. The van der Waals surface area contributed by atoms with E-state index in [9.17, 15) is 0 Å². The van der Waals surface area contributed by atoms with Crippen molar-refractivity contribution in [2.45, 2.75) is 0 Å². The minimum Gasteiger partial charge on any atom is -0.451 e. The number of hydrogen-bond donors (Lipinski definition) is 0. The second kappa shape index (κ2) is 6.98. The second-order valence-corrected chi connectivity index (χ2v) is 6.84. The second-order valence-electron chi connectivity index (χ2n) is 3.70. The average molecular weight is 446 g/mol. The van der Waals surface area contributed by atoms with Crippen molar-refractivity contribution >= 4 is 92.8 Å². The Morgan fingerprint density at radius 1 is 0.476 bits per heavy atom. The lowest BCUT2D eigenvalue weighted by atomic mass is 10.3. The molecule has 0 heterocycles. The van der Waals surface area contributed by atoms with E-state index in [-0.39, 0.29) is 51.7 Å². The zero-order valence-corrected chi connectivity index (χ0v) is 15.6. The average Bonchev–Trinajstić information content (AvgIpc) is 2.42. The highest BCUT2D eigenvalue weighted by Crippen LogP contribution is 2.49. The van der Waals surface area contributed by atoms with E-state index in [1.807, 2.05) is 0 Å². The van der Waals surface area contributed by atoms with Crippen LogP contribution < -0.4 is 4.74 Å². The van der Waals surface area contributed by atoms with Gasteiger partial charge in [-0.05, 0) is 12.1 Å². The Bertz CT molecular complexity index is 667. The summed E-state index contributed by atoms with van der Waals surface area (Å²) in [5, 5.41) is 0.853. The first-order valence-electron chi connectivity index (χ1n) is 5.07. The molecule has 2 aromatic rings. The lowest BCUT2D eigenvalue weighted by Crippen LogP contribution is -1.91. The van der Waals surface area contributed by atoms with Crippen molar-refractivity contribution in [1.29, 1.82) is 0 Å². The third-order valence-corrected chi connectivity index (χ3v) is 5.40. The van der Waals surface area contributed by atoms with Crippen LogP contribution in [-0.2, 0) is 0 Å². The highest BCUT2D eigenvalue weighted by Gasteiger charge is 2.21. The van der Waals surface area contributed by atoms with E-state index in [0.29, 0.717) is 0 Å². The molecule has 0 saturated carbocycles. The normalized spacial score (nSPS) is 10.9. The van der Waals surface area contributed by atoms with Gasteiger partial charge in [0, 0.05) is 0 Å². The molecule has 0 unspecified atom stereocenters. The number of benzene rings is 2. The van der Waals surface area contributed by atoms with Crippen molar-refractivity contribution in [2.75, 3.05) is 0 Å². The summed E-state index contributed by atoms with van der Waals surface area (Å²) in [6, 6.07) is 2.76. The Kier molecular flexibility index (Phi) is 5.96. The van der Waals surface area contributed by atoms with Crippen molar-refractivity contribution in [3.8, 4) is 11.5 Å². The number of ether oxygens (including phenoxy) is 1. The molecule has 0 saturated heterocycles. The lowest BCUT2D eigenvalue weighted by Gasteiger charge is -2.15. The van der Waals surface area contributed by atoms with E-state index >= 15 is 0 Å². The van der Waals surface area contributed by atoms with Gasteiger partial charge in [0.25, 0.3) is 0 Å². The molecule has 0 spiro atoms. The molecule has 0 N–H and O–H groups in total. The molecule has 2 rings (SSSR count). The summed E-state index contributed by atoms with van der Waals surface area (Å²) in [7, 11) is 0. The van der Waals surface area contributed by atoms with Crippen molar-refractivity contribution in [2.24, 2.45) is 0 Å². The van der Waals surface area contributed by atoms with Crippen LogP contribution in [0.15, 0.2) is 12.1 Å². The molecule has 2 aromatic carbocycles. The molecule has 0 aliphatic rings. The number of rotatable bonds is 2. The van der Waals surface area contributed by atoms with Crippen LogP contribution in [-0.4, -0.2) is 0 Å². The first-order valence-corrected chi connectivity index (χ1v) is 8.10. The van der Waals surface area contributed by atoms with Gasteiger partial charge in [-0.15, -0.1) is 0 Å². The van der Waals surface area contributed by atoms with Gasteiger partial charge in [-0.2, -0.15) is 0 Å². The molecule has 0 atom stereocenters. The van der Waals surface area contributed by atoms with Gasteiger partial charge in [0.15, 0.2) is 11.5 Å². The predicted octanol–water partition coefficient (Wildman–Crippen LogP) is 8.71. The Labute approximate surface area is 160 Å². The van der Waals surface area contributed by atoms with Gasteiger partial charge in [0.1, 0.15) is 10.0 Å². The zero-order chi connectivity index (χ0) is 15.9. The standard InChI is InChI=1S/C12H2Cl8O/c13-3-1-5(15)11(9(19)7(3)17)21-12-6(16)2-4(14)8(18)10(12)20/h1-2H. The molecule has 0 bridgehead atoms. The Morgan fingerprint density at radius 2 is 0.810 bits per heavy atom. The van der Waals surface area contributed by atoms with E-state index in [4.69, 9.17) is 97.5 Å². The van der Waals surface area contributed by atoms with Gasteiger partial charge in [0.2, 0.25) is 0 Å². The molecular formula is C12H2Cl8O. The molecule has 0 fully saturated rings. The van der Waals surface area contributed by atoms with Gasteiger partial charge in [-0.25, -0.2) is 0 Å². The quantitative estimate of drug-likeness (QED) is 0.332. The molecule has 0 amide bonds. The molecule has 0 aliphatic heterocycles. The fraction of sp³-hybridized carbons (Fsp3) is 0. The molecule has 0 radical (unpaired) electrons. The van der Waals surface area contributed by atoms with Crippen molar-refractivity contribution in [1.82, 2.24) is 0 Å². The van der Waals surface area contributed by atoms with E-state index in [1.54, 1.807) is 0 Å². The first kappa shape index (κ1) is 17.9. The molecule has 9 heteroatoms. The molecule has 21 heavy (non-hydrogen) atoms. The minimum atomic E-state index is 0.0207. The molecular weight excluding hydrogens is 444 g/mol. The first-order chi connectivity index (χ1) is 9.73. The van der Waals surface area contributed by atoms with Crippen LogP contribution in [0.5, 0.6) is 11.5 Å². The highest BCUT2D eigenvalue weighted by atomic mass is 35.5. The molecule has 112 valence electrons. The molecule has 1 nitrogen and oxygen atoms in total. The summed E-state index contributed by atoms with van der Waals surface area (Å²) in [4.78, 5) is 0. The van der Waals surface area contributed by atoms with Crippen molar-refractivity contribution in [3.05, 3.63) is 52.3 Å². The van der Waals surface area contributed by atoms with Gasteiger partial charge in [-0.1, -0.05) is 92.8 Å². The van der Waals surface area contributed by atoms with E-state index < -0.39 is 0 Å². The zero-order valence-electron chi connectivity index (χ0n) is 9.59. The third-order valence-electron chi connectivity index (χ3n) is 2.35. The van der Waals surface area contributed by atoms with E-state index in [2.05, 4.69) is 0 Å². The van der Waals surface area contributed by atoms with Gasteiger partial charge in [0.05, 0.1) is 30.1 Å². The number of hydrogen-bond acceptors (Lipinski definition) is 1. The van der Waals surface area contributed by atoms with Gasteiger partial charge < -0.3 is 4.74 Å². The SMILES string of the molecule is Clc1cc(Cl)c(Oc2c(Cl)cc(Cl)c(Cl)c2Cl)c(Cl)c1Cl. The van der Waals surface area contributed by atoms with Gasteiger partial charge in [-0.3, -0.25) is 0 Å². The highest BCUT2D eigenvalue weighted by molar-refractivity contribution is 6.51.